The Labute approximate surface area is 121 Å². The summed E-state index contributed by atoms with van der Waals surface area (Å²) in [6.07, 6.45) is 7.80. The molecule has 1 unspecified atom stereocenters. The average Bonchev–Trinajstić information content (AvgIpc) is 2.46. The lowest BCUT2D eigenvalue weighted by molar-refractivity contribution is -0.122. The van der Waals surface area contributed by atoms with E-state index in [1.54, 1.807) is 0 Å². The van der Waals surface area contributed by atoms with Crippen molar-refractivity contribution in [3.05, 3.63) is 29.8 Å². The Hall–Kier alpha value is -1.51. The van der Waals surface area contributed by atoms with Crippen LogP contribution in [-0.2, 0) is 11.2 Å². The Morgan fingerprint density at radius 3 is 2.80 bits per heavy atom. The van der Waals surface area contributed by atoms with Gasteiger partial charge in [-0.05, 0) is 49.8 Å². The van der Waals surface area contributed by atoms with Crippen molar-refractivity contribution >= 4 is 11.6 Å². The molecule has 3 heteroatoms. The van der Waals surface area contributed by atoms with Crippen LogP contribution in [0.1, 0.15) is 51.0 Å². The van der Waals surface area contributed by atoms with Crippen molar-refractivity contribution in [2.45, 2.75) is 57.9 Å². The van der Waals surface area contributed by atoms with Crippen LogP contribution in [0.25, 0.3) is 0 Å². The molecule has 1 fully saturated rings. The first-order valence-corrected chi connectivity index (χ1v) is 7.79. The summed E-state index contributed by atoms with van der Waals surface area (Å²) >= 11 is 0. The maximum Gasteiger partial charge on any atom is 0.220 e. The van der Waals surface area contributed by atoms with E-state index >= 15 is 0 Å². The average molecular weight is 274 g/mol. The third-order valence-electron chi connectivity index (χ3n) is 4.34. The molecule has 2 rings (SSSR count). The number of nitrogen functional groups attached to an aromatic ring is 1. The van der Waals surface area contributed by atoms with Gasteiger partial charge in [0.2, 0.25) is 5.91 Å². The molecule has 0 bridgehead atoms. The van der Waals surface area contributed by atoms with E-state index in [9.17, 15) is 4.79 Å². The summed E-state index contributed by atoms with van der Waals surface area (Å²) in [5, 5.41) is 3.16. The van der Waals surface area contributed by atoms with Gasteiger partial charge in [-0.3, -0.25) is 4.79 Å². The minimum Gasteiger partial charge on any atom is -0.399 e. The summed E-state index contributed by atoms with van der Waals surface area (Å²) in [5.74, 6) is 0.825. The molecule has 0 spiro atoms. The highest BCUT2D eigenvalue weighted by molar-refractivity contribution is 5.76. The van der Waals surface area contributed by atoms with Crippen LogP contribution < -0.4 is 11.1 Å². The van der Waals surface area contributed by atoms with Crippen molar-refractivity contribution in [2.24, 2.45) is 5.92 Å². The standard InChI is InChI=1S/C17H26N2O/c1-13(15-7-3-2-4-8-15)19-17(20)11-10-14-6-5-9-16(18)12-14/h5-6,9,12-13,15H,2-4,7-8,10-11,18H2,1H3,(H,19,20). The Bertz CT molecular complexity index is 438. The molecule has 3 nitrogen and oxygen atoms in total. The summed E-state index contributed by atoms with van der Waals surface area (Å²) < 4.78 is 0. The first kappa shape index (κ1) is 14.9. The van der Waals surface area contributed by atoms with Crippen molar-refractivity contribution in [1.82, 2.24) is 5.32 Å². The van der Waals surface area contributed by atoms with Crippen LogP contribution in [0.3, 0.4) is 0 Å². The molecule has 110 valence electrons. The van der Waals surface area contributed by atoms with Gasteiger partial charge in [0.1, 0.15) is 0 Å². The zero-order valence-electron chi connectivity index (χ0n) is 12.4. The predicted octanol–water partition coefficient (Wildman–Crippen LogP) is 3.29. The molecule has 1 atom stereocenters. The van der Waals surface area contributed by atoms with Gasteiger partial charge >= 0.3 is 0 Å². The Kier molecular flexibility index (Phi) is 5.45. The fraction of sp³-hybridized carbons (Fsp3) is 0.588. The fourth-order valence-corrected chi connectivity index (χ4v) is 3.08. The molecular weight excluding hydrogens is 248 g/mol. The summed E-state index contributed by atoms with van der Waals surface area (Å²) in [7, 11) is 0. The molecule has 1 aliphatic rings. The number of anilines is 1. The molecule has 1 amide bonds. The van der Waals surface area contributed by atoms with Crippen LogP contribution in [0.5, 0.6) is 0 Å². The van der Waals surface area contributed by atoms with Crippen LogP contribution in [0.2, 0.25) is 0 Å². The zero-order chi connectivity index (χ0) is 14.4. The highest BCUT2D eigenvalue weighted by Gasteiger charge is 2.21. The normalized spacial score (nSPS) is 17.6. The molecular formula is C17H26N2O. The summed E-state index contributed by atoms with van der Waals surface area (Å²) in [4.78, 5) is 12.0. The van der Waals surface area contributed by atoms with E-state index in [0.717, 1.165) is 17.7 Å². The summed E-state index contributed by atoms with van der Waals surface area (Å²) in [6, 6.07) is 8.08. The fourth-order valence-electron chi connectivity index (χ4n) is 3.08. The van der Waals surface area contributed by atoms with Crippen LogP contribution >= 0.6 is 0 Å². The van der Waals surface area contributed by atoms with Crippen LogP contribution in [-0.4, -0.2) is 11.9 Å². The lowest BCUT2D eigenvalue weighted by Gasteiger charge is -2.28. The van der Waals surface area contributed by atoms with E-state index in [1.807, 2.05) is 24.3 Å². The number of carbonyl (C=O) groups excluding carboxylic acids is 1. The highest BCUT2D eigenvalue weighted by atomic mass is 16.1. The number of benzene rings is 1. The van der Waals surface area contributed by atoms with E-state index in [1.165, 1.54) is 32.1 Å². The highest BCUT2D eigenvalue weighted by Crippen LogP contribution is 2.26. The second-order valence-electron chi connectivity index (χ2n) is 6.00. The van der Waals surface area contributed by atoms with Gasteiger partial charge in [0.15, 0.2) is 0 Å². The molecule has 0 heterocycles. The number of nitrogens with one attached hydrogen (secondary N) is 1. The molecule has 20 heavy (non-hydrogen) atoms. The summed E-state index contributed by atoms with van der Waals surface area (Å²) in [6.45, 7) is 2.15. The Morgan fingerprint density at radius 2 is 2.10 bits per heavy atom. The van der Waals surface area contributed by atoms with Crippen molar-refractivity contribution < 1.29 is 4.79 Å². The number of amides is 1. The number of aryl methyl sites for hydroxylation is 1. The number of nitrogens with two attached hydrogens (primary N) is 1. The van der Waals surface area contributed by atoms with Gasteiger partial charge in [0.05, 0.1) is 0 Å². The molecule has 0 radical (unpaired) electrons. The van der Waals surface area contributed by atoms with Gasteiger partial charge in [-0.15, -0.1) is 0 Å². The van der Waals surface area contributed by atoms with Gasteiger partial charge < -0.3 is 11.1 Å². The van der Waals surface area contributed by atoms with Gasteiger partial charge in [0.25, 0.3) is 0 Å². The van der Waals surface area contributed by atoms with Crippen LogP contribution in [0, 0.1) is 5.92 Å². The lowest BCUT2D eigenvalue weighted by Crippen LogP contribution is -2.38. The van der Waals surface area contributed by atoms with Gasteiger partial charge in [-0.2, -0.15) is 0 Å². The van der Waals surface area contributed by atoms with Gasteiger partial charge in [-0.1, -0.05) is 31.4 Å². The Balaban J connectivity index is 1.74. The third kappa shape index (κ3) is 4.55. The second kappa shape index (κ2) is 7.32. The van der Waals surface area contributed by atoms with Crippen molar-refractivity contribution in [2.75, 3.05) is 5.73 Å². The Morgan fingerprint density at radius 1 is 1.35 bits per heavy atom. The predicted molar refractivity (Wildman–Crippen MR) is 83.4 cm³/mol. The maximum absolute atomic E-state index is 12.0. The second-order valence-corrected chi connectivity index (χ2v) is 6.00. The SMILES string of the molecule is CC(NC(=O)CCc1cccc(N)c1)C1CCCCC1. The van der Waals surface area contributed by atoms with Gasteiger partial charge in [-0.25, -0.2) is 0 Å². The molecule has 1 aliphatic carbocycles. The van der Waals surface area contributed by atoms with E-state index in [0.29, 0.717) is 18.4 Å². The first-order valence-electron chi connectivity index (χ1n) is 7.79. The summed E-state index contributed by atoms with van der Waals surface area (Å²) in [5.41, 5.74) is 7.64. The van der Waals surface area contributed by atoms with E-state index in [-0.39, 0.29) is 5.91 Å². The molecule has 1 aromatic rings. The molecule has 3 N–H and O–H groups in total. The number of carbonyl (C=O) groups is 1. The minimum absolute atomic E-state index is 0.158. The van der Waals surface area contributed by atoms with E-state index in [4.69, 9.17) is 5.73 Å². The topological polar surface area (TPSA) is 55.1 Å². The first-order chi connectivity index (χ1) is 9.65. The third-order valence-corrected chi connectivity index (χ3v) is 4.34. The monoisotopic (exact) mass is 274 g/mol. The van der Waals surface area contributed by atoms with Crippen molar-refractivity contribution in [3.63, 3.8) is 0 Å². The molecule has 1 aromatic carbocycles. The smallest absolute Gasteiger partial charge is 0.220 e. The number of hydrogen-bond donors (Lipinski definition) is 2. The quantitative estimate of drug-likeness (QED) is 0.810. The van der Waals surface area contributed by atoms with Crippen LogP contribution in [0.4, 0.5) is 5.69 Å². The molecule has 1 saturated carbocycles. The molecule has 0 aliphatic heterocycles. The minimum atomic E-state index is 0.158. The maximum atomic E-state index is 12.0. The number of rotatable bonds is 5. The van der Waals surface area contributed by atoms with Crippen molar-refractivity contribution in [3.8, 4) is 0 Å². The largest absolute Gasteiger partial charge is 0.399 e. The molecule has 0 saturated heterocycles. The van der Waals surface area contributed by atoms with Crippen LogP contribution in [0.15, 0.2) is 24.3 Å². The lowest BCUT2D eigenvalue weighted by atomic mass is 9.84. The zero-order valence-corrected chi connectivity index (χ0v) is 12.4. The van der Waals surface area contributed by atoms with E-state index in [2.05, 4.69) is 12.2 Å². The number of hydrogen-bond acceptors (Lipinski definition) is 2. The van der Waals surface area contributed by atoms with Gasteiger partial charge in [0, 0.05) is 18.2 Å². The van der Waals surface area contributed by atoms with Crippen molar-refractivity contribution in [1.29, 1.82) is 0 Å². The molecule has 0 aromatic heterocycles. The van der Waals surface area contributed by atoms with E-state index < -0.39 is 0 Å².